The molecule has 0 spiro atoms. The van der Waals surface area contributed by atoms with Crippen LogP contribution in [0.25, 0.3) is 0 Å². The molecule has 2 heteroatoms. The van der Waals surface area contributed by atoms with Gasteiger partial charge in [0.25, 0.3) is 0 Å². The van der Waals surface area contributed by atoms with E-state index in [1.807, 2.05) is 0 Å². The predicted molar refractivity (Wildman–Crippen MR) is 32.8 cm³/mol. The van der Waals surface area contributed by atoms with Crippen molar-refractivity contribution in [1.29, 1.82) is 0 Å². The molecule has 0 aliphatic heterocycles. The van der Waals surface area contributed by atoms with Gasteiger partial charge in [-0.25, -0.2) is 5.32 Å². The van der Waals surface area contributed by atoms with Crippen molar-refractivity contribution < 1.29 is 4.79 Å². The van der Waals surface area contributed by atoms with Crippen LogP contribution in [0, 0.1) is 0 Å². The molecule has 0 rings (SSSR count). The zero-order chi connectivity index (χ0) is 6.24. The van der Waals surface area contributed by atoms with E-state index in [9.17, 15) is 4.79 Å². The lowest BCUT2D eigenvalue weighted by Gasteiger charge is -1.91. The fourth-order valence-electron chi connectivity index (χ4n) is 0.414. The van der Waals surface area contributed by atoms with Crippen LogP contribution in [0.1, 0.15) is 19.8 Å². The Kier molecular flexibility index (Phi) is 6.32. The van der Waals surface area contributed by atoms with Gasteiger partial charge in [0.05, 0.1) is 6.54 Å². The molecule has 0 aromatic heterocycles. The zero-order valence-corrected chi connectivity index (χ0v) is 5.26. The molecule has 0 atom stereocenters. The van der Waals surface area contributed by atoms with Gasteiger partial charge in [-0.3, -0.25) is 0 Å². The topological polar surface area (TPSA) is 31.2 Å². The molecule has 0 bridgehead atoms. The van der Waals surface area contributed by atoms with Crippen molar-refractivity contribution in [2.75, 3.05) is 13.1 Å². The van der Waals surface area contributed by atoms with Gasteiger partial charge in [-0.2, -0.15) is 0 Å². The summed E-state index contributed by atoms with van der Waals surface area (Å²) in [4.78, 5) is 9.67. The Labute approximate surface area is 50.3 Å². The normalized spacial score (nSPS) is 9.12. The molecule has 0 unspecified atom stereocenters. The molecule has 47 valence electrons. The molecule has 0 heterocycles. The highest BCUT2D eigenvalue weighted by atomic mass is 16.1. The van der Waals surface area contributed by atoms with E-state index in [-0.39, 0.29) is 0 Å². The summed E-state index contributed by atoms with van der Waals surface area (Å²) in [5.41, 5.74) is 0. The van der Waals surface area contributed by atoms with E-state index < -0.39 is 0 Å². The third kappa shape index (κ3) is 5.63. The molecule has 0 aliphatic rings. The first-order valence-electron chi connectivity index (χ1n) is 2.98. The summed E-state index contributed by atoms with van der Waals surface area (Å²) in [6.45, 7) is 3.33. The maximum Gasteiger partial charge on any atom is 0.135 e. The van der Waals surface area contributed by atoms with Crippen LogP contribution in [0.2, 0.25) is 0 Å². The second-order valence-electron chi connectivity index (χ2n) is 1.65. The van der Waals surface area contributed by atoms with Gasteiger partial charge >= 0.3 is 0 Å². The van der Waals surface area contributed by atoms with Crippen LogP contribution in [-0.2, 0) is 4.79 Å². The highest BCUT2D eigenvalue weighted by molar-refractivity contribution is 5.51. The summed E-state index contributed by atoms with van der Waals surface area (Å²) < 4.78 is 0. The molecule has 0 saturated carbocycles. The van der Waals surface area contributed by atoms with E-state index in [0.29, 0.717) is 6.54 Å². The van der Waals surface area contributed by atoms with Crippen molar-refractivity contribution in [3.05, 3.63) is 0 Å². The monoisotopic (exact) mass is 114 g/mol. The molecular formula is C6H12NO. The first-order valence-corrected chi connectivity index (χ1v) is 2.98. The fraction of sp³-hybridized carbons (Fsp3) is 0.833. The van der Waals surface area contributed by atoms with Crippen molar-refractivity contribution in [1.82, 2.24) is 5.32 Å². The zero-order valence-electron chi connectivity index (χ0n) is 5.26. The van der Waals surface area contributed by atoms with Crippen LogP contribution in [0.15, 0.2) is 0 Å². The standard InChI is InChI=1S/C6H12NO/c1-2-3-4-7-5-6-8/h6H,2-5H2,1H3. The molecule has 0 saturated heterocycles. The quantitative estimate of drug-likeness (QED) is 0.380. The summed E-state index contributed by atoms with van der Waals surface area (Å²) in [6.07, 6.45) is 3.09. The number of nitrogens with zero attached hydrogens (tertiary/aromatic N) is 1. The van der Waals surface area contributed by atoms with E-state index in [1.54, 1.807) is 0 Å². The predicted octanol–water partition coefficient (Wildman–Crippen LogP) is 0.590. The van der Waals surface area contributed by atoms with Crippen LogP contribution < -0.4 is 5.32 Å². The van der Waals surface area contributed by atoms with E-state index >= 15 is 0 Å². The van der Waals surface area contributed by atoms with Crippen LogP contribution >= 0.6 is 0 Å². The van der Waals surface area contributed by atoms with E-state index in [0.717, 1.165) is 25.7 Å². The molecule has 0 fully saturated rings. The highest BCUT2D eigenvalue weighted by Crippen LogP contribution is 1.81. The molecule has 0 aromatic carbocycles. The van der Waals surface area contributed by atoms with Gasteiger partial charge in [-0.1, -0.05) is 13.3 Å². The fourth-order valence-corrected chi connectivity index (χ4v) is 0.414. The third-order valence-corrected chi connectivity index (χ3v) is 0.873. The lowest BCUT2D eigenvalue weighted by molar-refractivity contribution is -0.107. The minimum absolute atomic E-state index is 0.375. The Hall–Kier alpha value is -0.370. The number of aldehydes is 1. The summed E-state index contributed by atoms with van der Waals surface area (Å²) in [6, 6.07) is 0. The maximum absolute atomic E-state index is 9.67. The lowest BCUT2D eigenvalue weighted by Crippen LogP contribution is -2.08. The van der Waals surface area contributed by atoms with Gasteiger partial charge in [-0.15, -0.1) is 0 Å². The van der Waals surface area contributed by atoms with Crippen LogP contribution in [0.4, 0.5) is 0 Å². The van der Waals surface area contributed by atoms with Crippen molar-refractivity contribution in [2.24, 2.45) is 0 Å². The van der Waals surface area contributed by atoms with Crippen LogP contribution in [0.3, 0.4) is 0 Å². The van der Waals surface area contributed by atoms with Gasteiger partial charge in [-0.05, 0) is 6.42 Å². The molecule has 0 aromatic rings. The smallest absolute Gasteiger partial charge is 0.135 e. The minimum Gasteiger partial charge on any atom is -0.302 e. The van der Waals surface area contributed by atoms with E-state index in [4.69, 9.17) is 0 Å². The molecule has 0 aliphatic carbocycles. The molecular weight excluding hydrogens is 102 g/mol. The summed E-state index contributed by atoms with van der Waals surface area (Å²) in [7, 11) is 0. The lowest BCUT2D eigenvalue weighted by atomic mass is 10.3. The van der Waals surface area contributed by atoms with Gasteiger partial charge < -0.3 is 4.79 Å². The van der Waals surface area contributed by atoms with Gasteiger partial charge in [0.2, 0.25) is 0 Å². The Morgan fingerprint density at radius 3 is 2.88 bits per heavy atom. The van der Waals surface area contributed by atoms with Crippen LogP contribution in [0.5, 0.6) is 0 Å². The maximum atomic E-state index is 9.67. The summed E-state index contributed by atoms with van der Waals surface area (Å²) >= 11 is 0. The van der Waals surface area contributed by atoms with Crippen LogP contribution in [-0.4, -0.2) is 19.4 Å². The average Bonchev–Trinajstić information content (AvgIpc) is 1.81. The van der Waals surface area contributed by atoms with Crippen molar-refractivity contribution in [3.8, 4) is 0 Å². The number of carbonyl (C=O) groups is 1. The van der Waals surface area contributed by atoms with Gasteiger partial charge in [0.1, 0.15) is 6.29 Å². The second kappa shape index (κ2) is 6.63. The van der Waals surface area contributed by atoms with Gasteiger partial charge in [0, 0.05) is 6.54 Å². The number of carbonyl (C=O) groups excluding carboxylic acids is 1. The summed E-state index contributed by atoms with van der Waals surface area (Å²) in [5.74, 6) is 0. The minimum atomic E-state index is 0.375. The van der Waals surface area contributed by atoms with Crippen molar-refractivity contribution in [2.45, 2.75) is 19.8 Å². The third-order valence-electron chi connectivity index (χ3n) is 0.873. The first kappa shape index (κ1) is 7.63. The molecule has 8 heavy (non-hydrogen) atoms. The Bertz CT molecular complexity index is 54.5. The number of hydrogen-bond donors (Lipinski definition) is 0. The Balaban J connectivity index is 2.62. The molecule has 2 nitrogen and oxygen atoms in total. The molecule has 0 N–H and O–H groups in total. The second-order valence-corrected chi connectivity index (χ2v) is 1.65. The largest absolute Gasteiger partial charge is 0.302 e. The Morgan fingerprint density at radius 2 is 2.38 bits per heavy atom. The number of hydrogen-bond acceptors (Lipinski definition) is 1. The summed E-state index contributed by atoms with van der Waals surface area (Å²) in [5, 5.41) is 3.91. The van der Waals surface area contributed by atoms with Crippen molar-refractivity contribution in [3.63, 3.8) is 0 Å². The van der Waals surface area contributed by atoms with Gasteiger partial charge in [0.15, 0.2) is 0 Å². The Morgan fingerprint density at radius 1 is 1.62 bits per heavy atom. The molecule has 1 radical (unpaired) electrons. The van der Waals surface area contributed by atoms with E-state index in [2.05, 4.69) is 12.2 Å². The highest BCUT2D eigenvalue weighted by Gasteiger charge is 1.82. The number of rotatable bonds is 5. The van der Waals surface area contributed by atoms with Crippen molar-refractivity contribution >= 4 is 6.29 Å². The first-order chi connectivity index (χ1) is 3.91. The SMILES string of the molecule is CCCC[N]CC=O. The average molecular weight is 114 g/mol. The number of unbranched alkanes of at least 4 members (excludes halogenated alkanes) is 1. The van der Waals surface area contributed by atoms with E-state index in [1.165, 1.54) is 0 Å². The molecule has 0 amide bonds.